The van der Waals surface area contributed by atoms with Crippen molar-refractivity contribution in [2.75, 3.05) is 18.5 Å². The fraction of sp³-hybridized carbons (Fsp3) is 0.286. The summed E-state index contributed by atoms with van der Waals surface area (Å²) in [6, 6.07) is 7.07. The molecule has 1 unspecified atom stereocenters. The van der Waals surface area contributed by atoms with Crippen LogP contribution in [0.2, 0.25) is 0 Å². The maximum atomic E-state index is 11.2. The van der Waals surface area contributed by atoms with E-state index in [4.69, 9.17) is 5.11 Å². The number of aliphatic carboxylic acids is 1. The summed E-state index contributed by atoms with van der Waals surface area (Å²) < 4.78 is 0. The molecule has 0 aliphatic heterocycles. The molecular weight excluding hydrogens is 274 g/mol. The number of pyridine rings is 1. The predicted octanol–water partition coefficient (Wildman–Crippen LogP) is 2.30. The molecule has 1 N–H and O–H groups in total. The lowest BCUT2D eigenvalue weighted by Crippen LogP contribution is -2.29. The second kappa shape index (κ2) is 5.74. The van der Waals surface area contributed by atoms with Crippen LogP contribution < -0.4 is 4.90 Å². The van der Waals surface area contributed by atoms with Crippen LogP contribution in [0.4, 0.5) is 11.4 Å². The largest absolute Gasteiger partial charge is 0.481 e. The van der Waals surface area contributed by atoms with Gasteiger partial charge in [-0.05, 0) is 6.07 Å². The van der Waals surface area contributed by atoms with E-state index in [9.17, 15) is 14.9 Å². The molecule has 7 nitrogen and oxygen atoms in total. The molecular formula is C14H15N3O4. The van der Waals surface area contributed by atoms with Gasteiger partial charge in [0, 0.05) is 19.0 Å². The van der Waals surface area contributed by atoms with Crippen molar-refractivity contribution >= 4 is 28.2 Å². The average Bonchev–Trinajstić information content (AvgIpc) is 2.45. The summed E-state index contributed by atoms with van der Waals surface area (Å²) in [6.07, 6.45) is 1.21. The number of carboxylic acids is 1. The molecule has 1 aromatic heterocycles. The lowest BCUT2D eigenvalue weighted by molar-refractivity contribution is -0.384. The molecule has 0 bridgehead atoms. The third kappa shape index (κ3) is 2.91. The summed E-state index contributed by atoms with van der Waals surface area (Å²) in [4.78, 5) is 27.4. The van der Waals surface area contributed by atoms with Crippen molar-refractivity contribution in [2.24, 2.45) is 5.92 Å². The van der Waals surface area contributed by atoms with Gasteiger partial charge >= 0.3 is 11.7 Å². The molecule has 0 radical (unpaired) electrons. The first-order valence-corrected chi connectivity index (χ1v) is 6.38. The standard InChI is InChI=1S/C14H15N3O4/c1-9(14(18)19)8-16(2)13-10-5-3-4-6-11(10)15-7-12(13)17(20)21/h3-7,9H,8H2,1-2H3,(H,18,19). The lowest BCUT2D eigenvalue weighted by atomic mass is 10.1. The molecule has 0 fully saturated rings. The van der Waals surface area contributed by atoms with Crippen molar-refractivity contribution in [3.05, 3.63) is 40.6 Å². The zero-order chi connectivity index (χ0) is 15.6. The Balaban J connectivity index is 2.56. The fourth-order valence-electron chi connectivity index (χ4n) is 2.23. The van der Waals surface area contributed by atoms with Gasteiger partial charge < -0.3 is 10.0 Å². The van der Waals surface area contributed by atoms with E-state index in [0.717, 1.165) is 0 Å². The van der Waals surface area contributed by atoms with Gasteiger partial charge in [0.1, 0.15) is 11.9 Å². The number of nitro groups is 1. The number of nitrogens with zero attached hydrogens (tertiary/aromatic N) is 3. The van der Waals surface area contributed by atoms with E-state index >= 15 is 0 Å². The third-order valence-corrected chi connectivity index (χ3v) is 3.28. The number of fused-ring (bicyclic) bond motifs is 1. The fourth-order valence-corrected chi connectivity index (χ4v) is 2.23. The van der Waals surface area contributed by atoms with Crippen LogP contribution in [0.25, 0.3) is 10.9 Å². The molecule has 7 heteroatoms. The smallest absolute Gasteiger partial charge is 0.311 e. The second-order valence-electron chi connectivity index (χ2n) is 4.89. The van der Waals surface area contributed by atoms with E-state index in [1.54, 1.807) is 43.1 Å². The summed E-state index contributed by atoms with van der Waals surface area (Å²) >= 11 is 0. The van der Waals surface area contributed by atoms with Gasteiger partial charge in [0.15, 0.2) is 0 Å². The number of anilines is 1. The summed E-state index contributed by atoms with van der Waals surface area (Å²) in [6.45, 7) is 1.73. The Morgan fingerprint density at radius 2 is 2.14 bits per heavy atom. The minimum atomic E-state index is -0.942. The molecule has 2 aromatic rings. The molecule has 2 rings (SSSR count). The maximum Gasteiger partial charge on any atom is 0.311 e. The van der Waals surface area contributed by atoms with E-state index in [2.05, 4.69) is 4.98 Å². The number of para-hydroxylation sites is 1. The van der Waals surface area contributed by atoms with E-state index in [0.29, 0.717) is 16.6 Å². The van der Waals surface area contributed by atoms with Crippen LogP contribution in [-0.4, -0.2) is 34.6 Å². The highest BCUT2D eigenvalue weighted by Gasteiger charge is 2.23. The van der Waals surface area contributed by atoms with Crippen LogP contribution in [0.1, 0.15) is 6.92 Å². The summed E-state index contributed by atoms with van der Waals surface area (Å²) in [5.41, 5.74) is 0.889. The first-order chi connectivity index (χ1) is 9.91. The van der Waals surface area contributed by atoms with Gasteiger partial charge in [-0.2, -0.15) is 0 Å². The quantitative estimate of drug-likeness (QED) is 0.670. The Hall–Kier alpha value is -2.70. The van der Waals surface area contributed by atoms with Crippen LogP contribution in [0.15, 0.2) is 30.5 Å². The Kier molecular flexibility index (Phi) is 4.02. The Morgan fingerprint density at radius 3 is 2.76 bits per heavy atom. The predicted molar refractivity (Wildman–Crippen MR) is 78.5 cm³/mol. The maximum absolute atomic E-state index is 11.2. The Bertz CT molecular complexity index is 702. The molecule has 0 saturated carbocycles. The molecule has 21 heavy (non-hydrogen) atoms. The van der Waals surface area contributed by atoms with Gasteiger partial charge in [-0.3, -0.25) is 14.9 Å². The first-order valence-electron chi connectivity index (χ1n) is 6.38. The highest BCUT2D eigenvalue weighted by atomic mass is 16.6. The molecule has 0 aliphatic carbocycles. The van der Waals surface area contributed by atoms with E-state index < -0.39 is 16.8 Å². The van der Waals surface area contributed by atoms with Gasteiger partial charge in [0.25, 0.3) is 0 Å². The first kappa shape index (κ1) is 14.7. The molecule has 1 aromatic carbocycles. The minimum Gasteiger partial charge on any atom is -0.481 e. The number of hydrogen-bond acceptors (Lipinski definition) is 5. The Labute approximate surface area is 121 Å². The van der Waals surface area contributed by atoms with Crippen molar-refractivity contribution in [3.8, 4) is 0 Å². The summed E-state index contributed by atoms with van der Waals surface area (Å²) in [7, 11) is 1.65. The van der Waals surface area contributed by atoms with Gasteiger partial charge in [-0.1, -0.05) is 25.1 Å². The average molecular weight is 289 g/mol. The van der Waals surface area contributed by atoms with Gasteiger partial charge in [0.2, 0.25) is 0 Å². The van der Waals surface area contributed by atoms with E-state index in [1.807, 2.05) is 0 Å². The van der Waals surface area contributed by atoms with Crippen molar-refractivity contribution in [2.45, 2.75) is 6.92 Å². The number of hydrogen-bond donors (Lipinski definition) is 1. The highest BCUT2D eigenvalue weighted by Crippen LogP contribution is 2.34. The zero-order valence-corrected chi connectivity index (χ0v) is 11.7. The van der Waals surface area contributed by atoms with Crippen LogP contribution in [0.5, 0.6) is 0 Å². The third-order valence-electron chi connectivity index (χ3n) is 3.28. The molecule has 0 saturated heterocycles. The second-order valence-corrected chi connectivity index (χ2v) is 4.89. The van der Waals surface area contributed by atoms with Gasteiger partial charge in [0.05, 0.1) is 16.4 Å². The van der Waals surface area contributed by atoms with Crippen LogP contribution in [0, 0.1) is 16.0 Å². The number of carboxylic acid groups (broad SMARTS) is 1. The lowest BCUT2D eigenvalue weighted by Gasteiger charge is -2.22. The summed E-state index contributed by atoms with van der Waals surface area (Å²) in [5.74, 6) is -1.58. The Morgan fingerprint density at radius 1 is 1.48 bits per heavy atom. The number of aromatic nitrogens is 1. The molecule has 0 aliphatic rings. The highest BCUT2D eigenvalue weighted by molar-refractivity contribution is 5.96. The van der Waals surface area contributed by atoms with E-state index in [1.165, 1.54) is 6.20 Å². The van der Waals surface area contributed by atoms with Crippen molar-refractivity contribution in [1.82, 2.24) is 4.98 Å². The molecule has 0 amide bonds. The van der Waals surface area contributed by atoms with Crippen LogP contribution >= 0.6 is 0 Å². The molecule has 1 heterocycles. The summed E-state index contributed by atoms with van der Waals surface area (Å²) in [5, 5.41) is 20.8. The number of benzene rings is 1. The molecule has 0 spiro atoms. The SMILES string of the molecule is CC(CN(C)c1c([N+](=O)[O-])cnc2ccccc12)C(=O)O. The van der Waals surface area contributed by atoms with Crippen molar-refractivity contribution in [1.29, 1.82) is 0 Å². The normalized spacial score (nSPS) is 12.1. The number of carbonyl (C=O) groups is 1. The molecule has 110 valence electrons. The van der Waals surface area contributed by atoms with Crippen molar-refractivity contribution < 1.29 is 14.8 Å². The topological polar surface area (TPSA) is 96.6 Å². The van der Waals surface area contributed by atoms with Gasteiger partial charge in [-0.25, -0.2) is 4.98 Å². The molecule has 1 atom stereocenters. The van der Waals surface area contributed by atoms with Crippen LogP contribution in [0.3, 0.4) is 0 Å². The number of rotatable bonds is 5. The van der Waals surface area contributed by atoms with Crippen LogP contribution in [-0.2, 0) is 4.79 Å². The van der Waals surface area contributed by atoms with Gasteiger partial charge in [-0.15, -0.1) is 0 Å². The monoisotopic (exact) mass is 289 g/mol. The van der Waals surface area contributed by atoms with E-state index in [-0.39, 0.29) is 12.2 Å². The zero-order valence-electron chi connectivity index (χ0n) is 11.7. The minimum absolute atomic E-state index is 0.131. The van der Waals surface area contributed by atoms with Crippen molar-refractivity contribution in [3.63, 3.8) is 0 Å².